The number of nitrogens with zero attached hydrogens (tertiary/aromatic N) is 4. The average molecular weight is 1390 g/mol. The molecule has 4 aromatic heterocycles. The smallest absolute Gasteiger partial charge is 0.252 e. The van der Waals surface area contributed by atoms with Crippen LogP contribution in [0.4, 0.5) is 34.1 Å². The number of hydrogen-bond acceptors (Lipinski definition) is 4. The number of aromatic nitrogens is 2. The molecule has 0 unspecified atom stereocenters. The van der Waals surface area contributed by atoms with Crippen molar-refractivity contribution in [2.75, 3.05) is 9.80 Å². The second-order valence-electron chi connectivity index (χ2n) is 33.5. The van der Waals surface area contributed by atoms with Crippen LogP contribution in [0.3, 0.4) is 0 Å². The third-order valence-electron chi connectivity index (χ3n) is 22.7. The molecule has 2 aliphatic rings. The van der Waals surface area contributed by atoms with E-state index < -0.39 is 55.1 Å². The fourth-order valence-electron chi connectivity index (χ4n) is 17.2. The third-order valence-corrected chi connectivity index (χ3v) is 22.7. The summed E-state index contributed by atoms with van der Waals surface area (Å²) in [6.45, 7) is 26.7. The quantitative estimate of drug-likeness (QED) is 0.149. The number of rotatable bonds is 7. The van der Waals surface area contributed by atoms with Gasteiger partial charge in [0.2, 0.25) is 0 Å². The van der Waals surface area contributed by atoms with Gasteiger partial charge in [-0.1, -0.05) is 265 Å². The highest BCUT2D eigenvalue weighted by molar-refractivity contribution is 7.00. The standard InChI is InChI=1S/C100H83BN4O2/c1-97(2,3)65-40-46-82-76(55-65)77-56-66(98(4,5)6)41-47-83(77)102(82)69-42-45-79-85(57-69)104(86-52-64(60-27-15-13-16-28-60)53-92-93(86)74-33-21-25-37-89(74)107-92)87-58-70(103-80-35-23-19-31-72(80)73-32-20-24-36-81(73)103)59-88-95(87)101(79)78-44-39-62(63-49-67(99(7,8)9)54-68(50-63)100(10,11)12)51-84(78)105(88)96-71(61-29-17-14-18-30-61)43-48-91-94(96)75-34-22-26-38-90(75)106-91/h13-59H,1-12H3/i19D,20D,23D,24D,31D,32D,35D,36D. The molecule has 0 amide bonds. The van der Waals surface area contributed by atoms with Crippen LogP contribution < -0.4 is 26.2 Å². The maximum absolute atomic E-state index is 10.2. The van der Waals surface area contributed by atoms with Crippen LogP contribution in [-0.2, 0) is 21.7 Å². The molecule has 14 aromatic carbocycles. The van der Waals surface area contributed by atoms with Crippen molar-refractivity contribution in [3.8, 4) is 44.8 Å². The van der Waals surface area contributed by atoms with Crippen LogP contribution >= 0.6 is 0 Å². The molecule has 6 nitrogen and oxygen atoms in total. The Morgan fingerprint density at radius 1 is 0.299 bits per heavy atom. The van der Waals surface area contributed by atoms with Crippen LogP contribution in [0, 0.1) is 0 Å². The molecule has 0 N–H and O–H groups in total. The Labute approximate surface area is 636 Å². The van der Waals surface area contributed by atoms with Gasteiger partial charge in [-0.3, -0.25) is 0 Å². The van der Waals surface area contributed by atoms with Crippen molar-refractivity contribution in [2.24, 2.45) is 0 Å². The highest BCUT2D eigenvalue weighted by atomic mass is 16.3. The normalized spacial score (nSPS) is 14.4. The highest BCUT2D eigenvalue weighted by Crippen LogP contribution is 2.55. The third kappa shape index (κ3) is 10.1. The zero-order valence-corrected chi connectivity index (χ0v) is 62.2. The van der Waals surface area contributed by atoms with Crippen molar-refractivity contribution < 1.29 is 19.8 Å². The molecule has 0 saturated carbocycles. The van der Waals surface area contributed by atoms with Gasteiger partial charge in [0.1, 0.15) is 22.3 Å². The van der Waals surface area contributed by atoms with Gasteiger partial charge in [0.25, 0.3) is 6.71 Å². The molecular formula is C100H83BN4O2. The second-order valence-corrected chi connectivity index (χ2v) is 33.5. The molecule has 518 valence electrons. The van der Waals surface area contributed by atoms with E-state index >= 15 is 0 Å². The van der Waals surface area contributed by atoms with Gasteiger partial charge < -0.3 is 27.8 Å². The van der Waals surface area contributed by atoms with E-state index in [1.807, 2.05) is 42.5 Å². The summed E-state index contributed by atoms with van der Waals surface area (Å²) in [6.07, 6.45) is 0. The van der Waals surface area contributed by atoms with Crippen LogP contribution in [-0.4, -0.2) is 15.8 Å². The molecule has 6 heterocycles. The predicted octanol–water partition coefficient (Wildman–Crippen LogP) is 26.0. The summed E-state index contributed by atoms with van der Waals surface area (Å²) in [5.41, 5.74) is 23.5. The zero-order chi connectivity index (χ0) is 79.9. The van der Waals surface area contributed by atoms with Crippen LogP contribution in [0.15, 0.2) is 294 Å². The lowest BCUT2D eigenvalue weighted by atomic mass is 9.33. The molecule has 0 fully saturated rings. The number of benzene rings is 14. The molecule has 0 atom stereocenters. The molecule has 0 saturated heterocycles. The molecule has 0 bridgehead atoms. The highest BCUT2D eigenvalue weighted by Gasteiger charge is 2.46. The molecule has 0 aliphatic carbocycles. The summed E-state index contributed by atoms with van der Waals surface area (Å²) >= 11 is 0. The lowest BCUT2D eigenvalue weighted by Gasteiger charge is -2.45. The molecule has 107 heavy (non-hydrogen) atoms. The molecule has 0 spiro atoms. The minimum atomic E-state index is -0.561. The maximum Gasteiger partial charge on any atom is 0.252 e. The maximum atomic E-state index is 10.2. The van der Waals surface area contributed by atoms with Gasteiger partial charge in [-0.25, -0.2) is 0 Å². The zero-order valence-electron chi connectivity index (χ0n) is 70.2. The Balaban J connectivity index is 1.02. The SMILES string of the molecule is [2H]c1c([2H])c([2H])c2c(c1[2H])c1c([2H])c([2H])c([2H])c([2H])c1n2-c1cc2c3c(c1)N(c1c(-c4ccccc4)ccc4oc5ccccc5c14)c1cc(-c4cc(C(C)(C)C)cc(C(C)(C)C)c4)ccc1B3c1ccc(-n3c4ccc(C(C)(C)C)cc4c4cc(C(C)(C)C)ccc43)cc1N2c1cc(-c2ccccc2)cc2oc3ccccc3c12. The number of furan rings is 2. The Kier molecular flexibility index (Phi) is 12.2. The topological polar surface area (TPSA) is 42.6 Å². The van der Waals surface area contributed by atoms with Gasteiger partial charge >= 0.3 is 0 Å². The van der Waals surface area contributed by atoms with Crippen LogP contribution in [0.25, 0.3) is 132 Å². The molecular weight excluding hydrogens is 1300 g/mol. The summed E-state index contributed by atoms with van der Waals surface area (Å²) in [5, 5.41) is 5.70. The van der Waals surface area contributed by atoms with Crippen molar-refractivity contribution in [1.29, 1.82) is 0 Å². The Hall–Kier alpha value is -12.1. The first-order valence-corrected chi connectivity index (χ1v) is 37.2. The van der Waals surface area contributed by atoms with Gasteiger partial charge in [0, 0.05) is 66.3 Å². The minimum Gasteiger partial charge on any atom is -0.456 e. The molecule has 18 aromatic rings. The lowest BCUT2D eigenvalue weighted by molar-refractivity contribution is 0.569. The van der Waals surface area contributed by atoms with Crippen molar-refractivity contribution in [3.63, 3.8) is 0 Å². The van der Waals surface area contributed by atoms with E-state index in [-0.39, 0.29) is 43.5 Å². The van der Waals surface area contributed by atoms with E-state index in [1.165, 1.54) is 22.3 Å². The summed E-state index contributed by atoms with van der Waals surface area (Å²) in [5.74, 6) is 0. The predicted molar refractivity (Wildman–Crippen MR) is 455 cm³/mol. The van der Waals surface area contributed by atoms with Crippen LogP contribution in [0.2, 0.25) is 0 Å². The number of fused-ring (bicyclic) bond motifs is 16. The fraction of sp³-hybridized carbons (Fsp3) is 0.160. The van der Waals surface area contributed by atoms with E-state index in [4.69, 9.17) is 8.83 Å². The number of para-hydroxylation sites is 4. The first-order valence-electron chi connectivity index (χ1n) is 41.2. The molecule has 7 heteroatoms. The van der Waals surface area contributed by atoms with Gasteiger partial charge in [0.15, 0.2) is 0 Å². The van der Waals surface area contributed by atoms with Gasteiger partial charge in [-0.15, -0.1) is 0 Å². The first-order chi connectivity index (χ1) is 54.9. The van der Waals surface area contributed by atoms with E-state index in [2.05, 4.69) is 292 Å². The van der Waals surface area contributed by atoms with Crippen molar-refractivity contribution in [1.82, 2.24) is 9.13 Å². The van der Waals surface area contributed by atoms with Crippen LogP contribution in [0.5, 0.6) is 0 Å². The second kappa shape index (κ2) is 23.2. The molecule has 20 rings (SSSR count). The summed E-state index contributed by atoms with van der Waals surface area (Å²) in [7, 11) is 0. The molecule has 0 radical (unpaired) electrons. The Morgan fingerprint density at radius 3 is 1.38 bits per heavy atom. The fourth-order valence-corrected chi connectivity index (χ4v) is 17.2. The molecule has 2 aliphatic heterocycles. The summed E-state index contributed by atoms with van der Waals surface area (Å²) in [6, 6.07) is 81.3. The van der Waals surface area contributed by atoms with Gasteiger partial charge in [0.05, 0.1) is 60.9 Å². The van der Waals surface area contributed by atoms with E-state index in [9.17, 15) is 11.0 Å². The van der Waals surface area contributed by atoms with Gasteiger partial charge in [-0.05, 0) is 191 Å². The summed E-state index contributed by atoms with van der Waals surface area (Å²) in [4.78, 5) is 4.81. The van der Waals surface area contributed by atoms with E-state index in [1.54, 1.807) is 4.57 Å². The van der Waals surface area contributed by atoms with Gasteiger partial charge in [-0.2, -0.15) is 0 Å². The minimum absolute atomic E-state index is 0.00188. The number of hydrogen-bond donors (Lipinski definition) is 0. The first kappa shape index (κ1) is 56.3. The number of anilines is 6. The average Bonchev–Trinajstić information content (AvgIpc) is 0.899. The van der Waals surface area contributed by atoms with Crippen molar-refractivity contribution in [3.05, 3.63) is 307 Å². The van der Waals surface area contributed by atoms with E-state index in [0.29, 0.717) is 39.4 Å². The monoisotopic (exact) mass is 1390 g/mol. The Bertz CT molecular complexity index is 7090. The summed E-state index contributed by atoms with van der Waals surface area (Å²) < 4.78 is 96.4. The lowest BCUT2D eigenvalue weighted by Crippen LogP contribution is -2.61. The van der Waals surface area contributed by atoms with Crippen molar-refractivity contribution >= 4 is 145 Å². The Morgan fingerprint density at radius 2 is 0.785 bits per heavy atom. The van der Waals surface area contributed by atoms with Crippen LogP contribution in [0.1, 0.15) is 116 Å². The van der Waals surface area contributed by atoms with E-state index in [0.717, 1.165) is 122 Å². The van der Waals surface area contributed by atoms with Crippen molar-refractivity contribution in [2.45, 2.75) is 105 Å². The largest absolute Gasteiger partial charge is 0.456 e.